The van der Waals surface area contributed by atoms with Crippen LogP contribution in [0.4, 0.5) is 0 Å². The van der Waals surface area contributed by atoms with Gasteiger partial charge < -0.3 is 25.2 Å². The minimum atomic E-state index is -4.62. The second kappa shape index (κ2) is 42.1. The average molecular weight is 826 g/mol. The van der Waals surface area contributed by atoms with Crippen molar-refractivity contribution in [2.24, 2.45) is 5.73 Å². The van der Waals surface area contributed by atoms with Crippen LogP contribution in [0.15, 0.2) is 48.6 Å². The zero-order chi connectivity index (χ0) is 41.9. The summed E-state index contributed by atoms with van der Waals surface area (Å²) in [6.45, 7) is 3.73. The number of unbranched alkanes of at least 4 members (excludes halogenated alkanes) is 21. The molecule has 0 bridgehead atoms. The summed E-state index contributed by atoms with van der Waals surface area (Å²) in [6, 6.07) is -1.48. The van der Waals surface area contributed by atoms with E-state index in [4.69, 9.17) is 29.4 Å². The maximum atomic E-state index is 12.6. The van der Waals surface area contributed by atoms with E-state index in [2.05, 4.69) is 62.5 Å². The van der Waals surface area contributed by atoms with Crippen LogP contribution in [-0.4, -0.2) is 60.5 Å². The molecule has 0 rings (SSSR count). The van der Waals surface area contributed by atoms with Gasteiger partial charge in [0.15, 0.2) is 0 Å². The van der Waals surface area contributed by atoms with Gasteiger partial charge in [-0.3, -0.25) is 18.6 Å². The molecule has 0 aromatic rings. The van der Waals surface area contributed by atoms with Crippen LogP contribution in [0.1, 0.15) is 194 Å². The number of ether oxygens (including phenoxy) is 2. The Balaban J connectivity index is 4.17. The molecule has 3 atom stereocenters. The summed E-state index contributed by atoms with van der Waals surface area (Å²) >= 11 is 0. The van der Waals surface area contributed by atoms with Crippen LogP contribution in [0.3, 0.4) is 0 Å². The smallest absolute Gasteiger partial charge is 0.472 e. The van der Waals surface area contributed by atoms with Crippen molar-refractivity contribution < 1.29 is 42.7 Å². The SMILES string of the molecule is CC/C=C\C/C=C\C/C=C\CCCCCC(=O)OC(COCCCCCCCCCCCC/C=C\CCCCCCCCCC)COP(=O)(O)OCC(N)C(=O)O. The third-order valence-electron chi connectivity index (χ3n) is 9.59. The first-order chi connectivity index (χ1) is 27.7. The maximum absolute atomic E-state index is 12.6. The van der Waals surface area contributed by atoms with E-state index in [0.29, 0.717) is 13.0 Å². The molecular weight excluding hydrogens is 741 g/mol. The van der Waals surface area contributed by atoms with Gasteiger partial charge in [-0.1, -0.05) is 165 Å². The first-order valence-electron chi connectivity index (χ1n) is 22.7. The highest BCUT2D eigenvalue weighted by molar-refractivity contribution is 7.47. The number of carboxylic acid groups (broad SMARTS) is 1. The number of esters is 1. The molecule has 3 unspecified atom stereocenters. The fraction of sp³-hybridized carbons (Fsp3) is 0.783. The standard InChI is InChI=1S/C46H84NO9P/c1-3-5-7-9-11-13-15-17-18-19-20-21-22-23-24-25-27-29-31-33-35-37-39-53-40-43(41-54-57(51,52)55-42-44(47)46(49)50)56-45(48)38-36-34-32-30-28-26-16-14-12-10-8-6-4-2/h6,8,12,14,19-20,26,28,43-44H,3-5,7,9-11,13,15-18,21-25,27,29-42,47H2,1-2H3,(H,49,50)(H,51,52)/b8-6-,14-12-,20-19-,28-26-. The Hall–Kier alpha value is -2.07. The van der Waals surface area contributed by atoms with Gasteiger partial charge in [0.2, 0.25) is 0 Å². The third kappa shape index (κ3) is 41.9. The zero-order valence-electron chi connectivity index (χ0n) is 36.2. The van der Waals surface area contributed by atoms with Gasteiger partial charge in [0.05, 0.1) is 19.8 Å². The van der Waals surface area contributed by atoms with E-state index in [-0.39, 0.29) is 13.0 Å². The second-order valence-electron chi connectivity index (χ2n) is 15.1. The normalized spacial score (nSPS) is 14.3. The fourth-order valence-electron chi connectivity index (χ4n) is 6.08. The lowest BCUT2D eigenvalue weighted by atomic mass is 10.1. The van der Waals surface area contributed by atoms with Crippen LogP contribution in [0.2, 0.25) is 0 Å². The Labute approximate surface area is 348 Å². The fourth-order valence-corrected chi connectivity index (χ4v) is 6.86. The molecule has 0 aromatic heterocycles. The van der Waals surface area contributed by atoms with Gasteiger partial charge >= 0.3 is 19.8 Å². The lowest BCUT2D eigenvalue weighted by Gasteiger charge is -2.20. The van der Waals surface area contributed by atoms with E-state index >= 15 is 0 Å². The predicted octanol–water partition coefficient (Wildman–Crippen LogP) is 12.6. The lowest BCUT2D eigenvalue weighted by Crippen LogP contribution is -2.34. The highest BCUT2D eigenvalue weighted by atomic mass is 31.2. The molecule has 0 fully saturated rings. The quantitative estimate of drug-likeness (QED) is 0.0234. The molecular formula is C46H84NO9P. The van der Waals surface area contributed by atoms with Crippen LogP contribution >= 0.6 is 7.82 Å². The Morgan fingerprint density at radius 3 is 1.54 bits per heavy atom. The molecule has 0 aliphatic rings. The first-order valence-corrected chi connectivity index (χ1v) is 24.2. The number of phosphoric acid groups is 1. The summed E-state index contributed by atoms with van der Waals surface area (Å²) in [5.41, 5.74) is 5.35. The van der Waals surface area contributed by atoms with E-state index in [0.717, 1.165) is 57.8 Å². The van der Waals surface area contributed by atoms with Gasteiger partial charge in [-0.2, -0.15) is 0 Å². The molecule has 332 valence electrons. The van der Waals surface area contributed by atoms with Gasteiger partial charge in [-0.05, 0) is 70.6 Å². The van der Waals surface area contributed by atoms with Crippen molar-refractivity contribution in [2.75, 3.05) is 26.4 Å². The number of carboxylic acids is 1. The molecule has 4 N–H and O–H groups in total. The molecule has 0 aliphatic carbocycles. The number of aliphatic carboxylic acids is 1. The average Bonchev–Trinajstić information content (AvgIpc) is 3.19. The number of nitrogens with two attached hydrogens (primary N) is 1. The van der Waals surface area contributed by atoms with Gasteiger partial charge in [0, 0.05) is 13.0 Å². The van der Waals surface area contributed by atoms with E-state index in [1.54, 1.807) is 0 Å². The third-order valence-corrected chi connectivity index (χ3v) is 10.5. The summed E-state index contributed by atoms with van der Waals surface area (Å²) in [4.78, 5) is 33.5. The van der Waals surface area contributed by atoms with E-state index < -0.39 is 45.1 Å². The van der Waals surface area contributed by atoms with Gasteiger partial charge in [0.1, 0.15) is 12.1 Å². The highest BCUT2D eigenvalue weighted by Gasteiger charge is 2.27. The molecule has 0 radical (unpaired) electrons. The number of carbonyl (C=O) groups excluding carboxylic acids is 1. The highest BCUT2D eigenvalue weighted by Crippen LogP contribution is 2.43. The second-order valence-corrected chi connectivity index (χ2v) is 16.6. The topological polar surface area (TPSA) is 155 Å². The van der Waals surface area contributed by atoms with Crippen molar-refractivity contribution in [3.63, 3.8) is 0 Å². The monoisotopic (exact) mass is 826 g/mol. The van der Waals surface area contributed by atoms with Crippen LogP contribution < -0.4 is 5.73 Å². The van der Waals surface area contributed by atoms with Crippen LogP contribution in [0.25, 0.3) is 0 Å². The van der Waals surface area contributed by atoms with Crippen LogP contribution in [-0.2, 0) is 32.7 Å². The minimum Gasteiger partial charge on any atom is -0.480 e. The molecule has 11 heteroatoms. The molecule has 0 spiro atoms. The number of allylic oxidation sites excluding steroid dienone is 8. The van der Waals surface area contributed by atoms with Gasteiger partial charge in [-0.15, -0.1) is 0 Å². The Bertz CT molecular complexity index is 1090. The summed E-state index contributed by atoms with van der Waals surface area (Å²) in [5, 5.41) is 8.89. The van der Waals surface area contributed by atoms with Crippen molar-refractivity contribution in [3.8, 4) is 0 Å². The number of rotatable bonds is 43. The zero-order valence-corrected chi connectivity index (χ0v) is 37.1. The van der Waals surface area contributed by atoms with E-state index in [1.807, 2.05) is 0 Å². The van der Waals surface area contributed by atoms with Crippen molar-refractivity contribution >= 4 is 19.8 Å². The Morgan fingerprint density at radius 1 is 0.579 bits per heavy atom. The number of hydrogen-bond donors (Lipinski definition) is 3. The Morgan fingerprint density at radius 2 is 1.02 bits per heavy atom. The van der Waals surface area contributed by atoms with Crippen LogP contribution in [0, 0.1) is 0 Å². The molecule has 0 aromatic carbocycles. The van der Waals surface area contributed by atoms with E-state index in [9.17, 15) is 19.0 Å². The lowest BCUT2D eigenvalue weighted by molar-refractivity contribution is -0.154. The summed E-state index contributed by atoms with van der Waals surface area (Å²) in [6.07, 6.45) is 48.9. The van der Waals surface area contributed by atoms with Crippen molar-refractivity contribution in [1.29, 1.82) is 0 Å². The number of carbonyl (C=O) groups is 2. The van der Waals surface area contributed by atoms with Crippen molar-refractivity contribution in [2.45, 2.75) is 206 Å². The van der Waals surface area contributed by atoms with Crippen molar-refractivity contribution in [1.82, 2.24) is 0 Å². The molecule has 0 amide bonds. The summed E-state index contributed by atoms with van der Waals surface area (Å²) in [7, 11) is -4.62. The summed E-state index contributed by atoms with van der Waals surface area (Å²) in [5.74, 6) is -1.81. The molecule has 0 aliphatic heterocycles. The molecule has 57 heavy (non-hydrogen) atoms. The largest absolute Gasteiger partial charge is 0.480 e. The first kappa shape index (κ1) is 54.9. The number of hydrogen-bond acceptors (Lipinski definition) is 8. The van der Waals surface area contributed by atoms with Gasteiger partial charge in [-0.25, -0.2) is 4.57 Å². The molecule has 10 nitrogen and oxygen atoms in total. The number of phosphoric ester groups is 1. The van der Waals surface area contributed by atoms with E-state index in [1.165, 1.54) is 109 Å². The predicted molar refractivity (Wildman–Crippen MR) is 235 cm³/mol. The molecule has 0 saturated carbocycles. The molecule has 0 saturated heterocycles. The molecule has 0 heterocycles. The maximum Gasteiger partial charge on any atom is 0.472 e. The minimum absolute atomic E-state index is 0.00353. The summed E-state index contributed by atoms with van der Waals surface area (Å²) < 4.78 is 33.3. The van der Waals surface area contributed by atoms with Crippen molar-refractivity contribution in [3.05, 3.63) is 48.6 Å². The van der Waals surface area contributed by atoms with Gasteiger partial charge in [0.25, 0.3) is 0 Å². The van der Waals surface area contributed by atoms with Crippen LogP contribution in [0.5, 0.6) is 0 Å². The Kier molecular flexibility index (Phi) is 40.5.